The Bertz CT molecular complexity index is 955. The van der Waals surface area contributed by atoms with Crippen LogP contribution >= 0.6 is 0 Å². The first-order valence-electron chi connectivity index (χ1n) is 9.17. The van der Waals surface area contributed by atoms with Crippen molar-refractivity contribution in [1.82, 2.24) is 5.32 Å². The lowest BCUT2D eigenvalue weighted by molar-refractivity contribution is 0.0908. The van der Waals surface area contributed by atoms with E-state index in [4.69, 9.17) is 9.15 Å². The number of ether oxygens (including phenoxy) is 1. The molecule has 1 aromatic heterocycles. The molecule has 0 bridgehead atoms. The number of hydrogen-bond acceptors (Lipinski definition) is 4. The fourth-order valence-corrected chi connectivity index (χ4v) is 2.97. The second-order valence-corrected chi connectivity index (χ2v) is 6.50. The molecule has 3 rings (SSSR count). The van der Waals surface area contributed by atoms with Crippen LogP contribution in [-0.2, 0) is 0 Å². The highest BCUT2D eigenvalue weighted by Crippen LogP contribution is 2.24. The van der Waals surface area contributed by atoms with E-state index in [2.05, 4.69) is 5.32 Å². The number of rotatable bonds is 7. The molecule has 0 fully saturated rings. The number of methoxy groups -OCH3 is 1. The van der Waals surface area contributed by atoms with Crippen molar-refractivity contribution in [3.8, 4) is 17.1 Å². The van der Waals surface area contributed by atoms with E-state index < -0.39 is 0 Å². The number of furan rings is 1. The molecule has 3 aromatic rings. The van der Waals surface area contributed by atoms with Gasteiger partial charge < -0.3 is 14.5 Å². The van der Waals surface area contributed by atoms with Gasteiger partial charge in [-0.05, 0) is 43.2 Å². The van der Waals surface area contributed by atoms with Crippen LogP contribution in [0.25, 0.3) is 11.3 Å². The van der Waals surface area contributed by atoms with Crippen LogP contribution in [0.5, 0.6) is 5.75 Å². The quantitative estimate of drug-likeness (QED) is 0.586. The summed E-state index contributed by atoms with van der Waals surface area (Å²) >= 11 is 0. The number of carbonyl (C=O) groups is 2. The van der Waals surface area contributed by atoms with Gasteiger partial charge in [0.05, 0.1) is 13.2 Å². The van der Waals surface area contributed by atoms with Gasteiger partial charge in [-0.15, -0.1) is 0 Å². The minimum atomic E-state index is -0.269. The molecule has 0 radical (unpaired) electrons. The lowest BCUT2D eigenvalue weighted by atomic mass is 10.0. The lowest BCUT2D eigenvalue weighted by Crippen LogP contribution is -2.27. The van der Waals surface area contributed by atoms with Gasteiger partial charge in [0, 0.05) is 11.1 Å². The highest BCUT2D eigenvalue weighted by molar-refractivity contribution is 5.94. The minimum absolute atomic E-state index is 0.00945. The zero-order valence-corrected chi connectivity index (χ0v) is 16.2. The number of ketones is 1. The second kappa shape index (κ2) is 8.57. The van der Waals surface area contributed by atoms with Crippen LogP contribution in [0.4, 0.5) is 0 Å². The van der Waals surface area contributed by atoms with Crippen LogP contribution in [0.3, 0.4) is 0 Å². The van der Waals surface area contributed by atoms with E-state index in [1.807, 2.05) is 43.3 Å². The number of hydrogen-bond donors (Lipinski definition) is 1. The average molecular weight is 377 g/mol. The minimum Gasteiger partial charge on any atom is -0.497 e. The van der Waals surface area contributed by atoms with Gasteiger partial charge in [-0.2, -0.15) is 0 Å². The smallest absolute Gasteiger partial charge is 0.287 e. The third kappa shape index (κ3) is 4.31. The molecule has 0 unspecified atom stereocenters. The summed E-state index contributed by atoms with van der Waals surface area (Å²) < 4.78 is 10.9. The monoisotopic (exact) mass is 377 g/mol. The van der Waals surface area contributed by atoms with Crippen LogP contribution in [0.15, 0.2) is 65.1 Å². The summed E-state index contributed by atoms with van der Waals surface area (Å²) in [5, 5.41) is 3.01. The SMILES string of the molecule is CC[C@@H](NC(=O)c1ccc(-c2ccc(C(C)=O)cc2)o1)c1ccc(OC)cc1. The third-order valence-electron chi connectivity index (χ3n) is 4.64. The Morgan fingerprint density at radius 3 is 2.25 bits per heavy atom. The average Bonchev–Trinajstić information content (AvgIpc) is 3.22. The Morgan fingerprint density at radius 2 is 1.68 bits per heavy atom. The first kappa shape index (κ1) is 19.4. The highest BCUT2D eigenvalue weighted by atomic mass is 16.5. The predicted molar refractivity (Wildman–Crippen MR) is 108 cm³/mol. The van der Waals surface area contributed by atoms with Crippen molar-refractivity contribution < 1.29 is 18.7 Å². The van der Waals surface area contributed by atoms with Gasteiger partial charge >= 0.3 is 0 Å². The van der Waals surface area contributed by atoms with Crippen molar-refractivity contribution in [1.29, 1.82) is 0 Å². The van der Waals surface area contributed by atoms with E-state index >= 15 is 0 Å². The molecule has 0 aliphatic heterocycles. The molecule has 1 N–H and O–H groups in total. The van der Waals surface area contributed by atoms with Crippen LogP contribution in [-0.4, -0.2) is 18.8 Å². The number of carbonyl (C=O) groups excluding carboxylic acids is 2. The molecule has 144 valence electrons. The van der Waals surface area contributed by atoms with Gasteiger partial charge in [0.25, 0.3) is 5.91 Å². The Labute approximate surface area is 164 Å². The van der Waals surface area contributed by atoms with Crippen molar-refractivity contribution in [2.45, 2.75) is 26.3 Å². The van der Waals surface area contributed by atoms with Gasteiger partial charge in [-0.1, -0.05) is 43.3 Å². The summed E-state index contributed by atoms with van der Waals surface area (Å²) in [6.07, 6.45) is 0.748. The molecular formula is C23H23NO4. The Morgan fingerprint density at radius 1 is 1.00 bits per heavy atom. The maximum atomic E-state index is 12.6. The van der Waals surface area contributed by atoms with E-state index in [-0.39, 0.29) is 23.5 Å². The first-order chi connectivity index (χ1) is 13.5. The molecule has 5 nitrogen and oxygen atoms in total. The zero-order chi connectivity index (χ0) is 20.1. The maximum Gasteiger partial charge on any atom is 0.287 e. The van der Waals surface area contributed by atoms with E-state index in [0.29, 0.717) is 11.3 Å². The normalized spacial score (nSPS) is 11.7. The van der Waals surface area contributed by atoms with Crippen LogP contribution in [0.1, 0.15) is 52.8 Å². The van der Waals surface area contributed by atoms with Gasteiger partial charge in [0.1, 0.15) is 11.5 Å². The maximum absolute atomic E-state index is 12.6. The van der Waals surface area contributed by atoms with Crippen LogP contribution in [0.2, 0.25) is 0 Å². The zero-order valence-electron chi connectivity index (χ0n) is 16.2. The molecule has 0 spiro atoms. The van der Waals surface area contributed by atoms with Crippen molar-refractivity contribution in [2.24, 2.45) is 0 Å². The first-order valence-corrected chi connectivity index (χ1v) is 9.17. The van der Waals surface area contributed by atoms with Crippen LogP contribution in [0, 0.1) is 0 Å². The Hall–Kier alpha value is -3.34. The Balaban J connectivity index is 1.72. The predicted octanol–water partition coefficient (Wildman–Crippen LogP) is 5.04. The van der Waals surface area contributed by atoms with Gasteiger partial charge in [0.2, 0.25) is 0 Å². The fraction of sp³-hybridized carbons (Fsp3) is 0.217. The number of amides is 1. The van der Waals surface area contributed by atoms with Crippen molar-refractivity contribution in [3.63, 3.8) is 0 Å². The molecule has 0 aliphatic rings. The molecule has 0 aliphatic carbocycles. The summed E-state index contributed by atoms with van der Waals surface area (Å²) in [4.78, 5) is 24.0. The van der Waals surface area contributed by atoms with Crippen molar-refractivity contribution >= 4 is 11.7 Å². The van der Waals surface area contributed by atoms with Gasteiger partial charge in [-0.25, -0.2) is 0 Å². The molecule has 1 heterocycles. The fourth-order valence-electron chi connectivity index (χ4n) is 2.97. The number of Topliss-reactive ketones (excluding diaryl/α,β-unsaturated/α-hetero) is 1. The van der Waals surface area contributed by atoms with Crippen LogP contribution < -0.4 is 10.1 Å². The largest absolute Gasteiger partial charge is 0.497 e. The highest BCUT2D eigenvalue weighted by Gasteiger charge is 2.17. The second-order valence-electron chi connectivity index (χ2n) is 6.50. The molecule has 1 amide bonds. The van der Waals surface area contributed by atoms with Crippen molar-refractivity contribution in [3.05, 3.63) is 77.6 Å². The molecule has 2 aromatic carbocycles. The standard InChI is InChI=1S/C23H23NO4/c1-4-20(17-9-11-19(27-3)12-10-17)24-23(26)22-14-13-21(28-22)18-7-5-16(6-8-18)15(2)25/h5-14,20H,4H2,1-3H3,(H,24,26)/t20-/m1/s1. The van der Waals surface area contributed by atoms with E-state index in [9.17, 15) is 9.59 Å². The Kier molecular flexibility index (Phi) is 5.94. The van der Waals surface area contributed by atoms with Gasteiger partial charge in [0.15, 0.2) is 11.5 Å². The topological polar surface area (TPSA) is 68.5 Å². The summed E-state index contributed by atoms with van der Waals surface area (Å²) in [7, 11) is 1.62. The van der Waals surface area contributed by atoms with E-state index in [0.717, 1.165) is 23.3 Å². The summed E-state index contributed by atoms with van der Waals surface area (Å²) in [6, 6.07) is 18.0. The summed E-state index contributed by atoms with van der Waals surface area (Å²) in [5.41, 5.74) is 2.45. The third-order valence-corrected chi connectivity index (χ3v) is 4.64. The van der Waals surface area contributed by atoms with E-state index in [1.165, 1.54) is 6.92 Å². The molecule has 5 heteroatoms. The number of nitrogens with one attached hydrogen (secondary N) is 1. The summed E-state index contributed by atoms with van der Waals surface area (Å²) in [6.45, 7) is 3.54. The molecule has 0 saturated heterocycles. The molecule has 1 atom stereocenters. The van der Waals surface area contributed by atoms with E-state index in [1.54, 1.807) is 31.4 Å². The molecular weight excluding hydrogens is 354 g/mol. The summed E-state index contributed by atoms with van der Waals surface area (Å²) in [5.74, 6) is 1.34. The van der Waals surface area contributed by atoms with Crippen molar-refractivity contribution in [2.75, 3.05) is 7.11 Å². The molecule has 28 heavy (non-hydrogen) atoms. The molecule has 0 saturated carbocycles. The number of benzene rings is 2. The van der Waals surface area contributed by atoms with Gasteiger partial charge in [-0.3, -0.25) is 9.59 Å². The lowest BCUT2D eigenvalue weighted by Gasteiger charge is -2.17.